The molecule has 2 rings (SSSR count). The molecule has 0 bridgehead atoms. The summed E-state index contributed by atoms with van der Waals surface area (Å²) >= 11 is 0. The maximum absolute atomic E-state index is 12.2. The Morgan fingerprint density at radius 1 is 1.37 bits per heavy atom. The topological polar surface area (TPSA) is 164 Å². The van der Waals surface area contributed by atoms with E-state index in [0.29, 0.717) is 6.42 Å². The smallest absolute Gasteiger partial charge is 0.356 e. The summed E-state index contributed by atoms with van der Waals surface area (Å²) in [6, 6.07) is 0. The fourth-order valence-corrected chi connectivity index (χ4v) is 3.57. The van der Waals surface area contributed by atoms with Crippen molar-refractivity contribution in [3.8, 4) is 0 Å². The predicted molar refractivity (Wildman–Crippen MR) is 96.1 cm³/mol. The molecule has 1 unspecified atom stereocenters. The zero-order valence-electron chi connectivity index (χ0n) is 15.2. The third kappa shape index (κ3) is 6.01. The SMILES string of the molecule is CCOP(=O)(COCCCC(O)On1cnc2c(=O)[nH]c(N)nc21)OCC. The fraction of sp³-hybridized carbons (Fsp3) is 0.643. The van der Waals surface area contributed by atoms with Crippen LogP contribution in [0.5, 0.6) is 0 Å². The minimum Gasteiger partial charge on any atom is -0.379 e. The number of hydrogen-bond acceptors (Lipinski definition) is 10. The van der Waals surface area contributed by atoms with Crippen molar-refractivity contribution in [3.63, 3.8) is 0 Å². The molecule has 2 aromatic heterocycles. The number of nitrogens with one attached hydrogen (secondary N) is 1. The van der Waals surface area contributed by atoms with E-state index in [0.717, 1.165) is 4.73 Å². The van der Waals surface area contributed by atoms with E-state index in [1.165, 1.54) is 6.33 Å². The van der Waals surface area contributed by atoms with Crippen molar-refractivity contribution >= 4 is 24.7 Å². The molecule has 0 amide bonds. The zero-order chi connectivity index (χ0) is 19.9. The first-order valence-electron chi connectivity index (χ1n) is 8.42. The van der Waals surface area contributed by atoms with Crippen LogP contribution >= 0.6 is 7.60 Å². The molecular formula is C14H24N5O7P. The van der Waals surface area contributed by atoms with E-state index in [1.807, 2.05) is 0 Å². The second-order valence-electron chi connectivity index (χ2n) is 5.38. The Morgan fingerprint density at radius 2 is 2.07 bits per heavy atom. The molecule has 13 heteroatoms. The van der Waals surface area contributed by atoms with Gasteiger partial charge in [-0.2, -0.15) is 4.98 Å². The maximum atomic E-state index is 12.2. The van der Waals surface area contributed by atoms with Gasteiger partial charge < -0.3 is 29.5 Å². The molecule has 4 N–H and O–H groups in total. The van der Waals surface area contributed by atoms with Crippen molar-refractivity contribution in [2.45, 2.75) is 33.0 Å². The van der Waals surface area contributed by atoms with Crippen LogP contribution in [0.4, 0.5) is 5.95 Å². The first-order chi connectivity index (χ1) is 12.9. The minimum absolute atomic E-state index is 0.0438. The van der Waals surface area contributed by atoms with E-state index in [1.54, 1.807) is 13.8 Å². The van der Waals surface area contributed by atoms with Gasteiger partial charge in [0.2, 0.25) is 17.9 Å². The molecule has 2 heterocycles. The normalized spacial score (nSPS) is 13.1. The number of imidazole rings is 1. The van der Waals surface area contributed by atoms with Crippen LogP contribution in [-0.2, 0) is 18.3 Å². The molecule has 0 aliphatic carbocycles. The Balaban J connectivity index is 1.79. The Morgan fingerprint density at radius 3 is 2.74 bits per heavy atom. The van der Waals surface area contributed by atoms with Crippen molar-refractivity contribution in [2.75, 3.05) is 31.9 Å². The lowest BCUT2D eigenvalue weighted by molar-refractivity contribution is -0.107. The van der Waals surface area contributed by atoms with Crippen molar-refractivity contribution in [1.29, 1.82) is 0 Å². The molecule has 0 radical (unpaired) electrons. The number of nitrogens with zero attached hydrogens (tertiary/aromatic N) is 3. The number of nitrogens with two attached hydrogens (primary N) is 1. The number of anilines is 1. The van der Waals surface area contributed by atoms with E-state index in [2.05, 4.69) is 15.0 Å². The molecule has 0 saturated heterocycles. The fourth-order valence-electron chi connectivity index (χ4n) is 2.21. The lowest BCUT2D eigenvalue weighted by Crippen LogP contribution is -2.25. The van der Waals surface area contributed by atoms with E-state index < -0.39 is 19.4 Å². The van der Waals surface area contributed by atoms with Gasteiger partial charge in [0.05, 0.1) is 13.2 Å². The van der Waals surface area contributed by atoms with Crippen LogP contribution in [0.15, 0.2) is 11.1 Å². The maximum Gasteiger partial charge on any atom is 0.356 e. The van der Waals surface area contributed by atoms with Crippen LogP contribution in [-0.4, -0.2) is 57.2 Å². The number of H-pyrrole nitrogens is 1. The molecule has 0 aliphatic rings. The van der Waals surface area contributed by atoms with Crippen molar-refractivity contribution < 1.29 is 28.3 Å². The number of nitrogen functional groups attached to an aromatic ring is 1. The quantitative estimate of drug-likeness (QED) is 0.257. The van der Waals surface area contributed by atoms with Gasteiger partial charge in [-0.3, -0.25) is 14.3 Å². The standard InChI is InChI=1S/C14H24N5O7P/c1-3-24-27(22,25-4-2)9-23-7-5-6-10(20)26-19-8-16-11-12(19)17-14(15)18-13(11)21/h8,10,20H,3-7,9H2,1-2H3,(H3,15,17,18,21). The number of rotatable bonds is 12. The van der Waals surface area contributed by atoms with Crippen molar-refractivity contribution in [3.05, 3.63) is 16.7 Å². The zero-order valence-corrected chi connectivity index (χ0v) is 16.1. The third-order valence-electron chi connectivity index (χ3n) is 3.27. The summed E-state index contributed by atoms with van der Waals surface area (Å²) in [5.74, 6) is -0.0891. The Labute approximate surface area is 155 Å². The summed E-state index contributed by atoms with van der Waals surface area (Å²) in [5, 5.41) is 9.97. The highest BCUT2D eigenvalue weighted by molar-refractivity contribution is 7.53. The van der Waals surface area contributed by atoms with Crippen LogP contribution in [0, 0.1) is 0 Å². The highest BCUT2D eigenvalue weighted by Gasteiger charge is 2.23. The molecule has 12 nitrogen and oxygen atoms in total. The van der Waals surface area contributed by atoms with Gasteiger partial charge in [-0.1, -0.05) is 0 Å². The van der Waals surface area contributed by atoms with E-state index in [4.69, 9.17) is 24.4 Å². The highest BCUT2D eigenvalue weighted by atomic mass is 31.2. The summed E-state index contributed by atoms with van der Waals surface area (Å²) < 4.78 is 28.8. The average molecular weight is 405 g/mol. The summed E-state index contributed by atoms with van der Waals surface area (Å²) in [6.45, 7) is 4.17. The average Bonchev–Trinajstić information content (AvgIpc) is 2.98. The van der Waals surface area contributed by atoms with Crippen LogP contribution < -0.4 is 16.1 Å². The molecule has 27 heavy (non-hydrogen) atoms. The first kappa shape index (κ1) is 21.3. The van der Waals surface area contributed by atoms with Crippen LogP contribution in [0.2, 0.25) is 0 Å². The molecule has 0 saturated carbocycles. The molecule has 0 spiro atoms. The Kier molecular flexibility index (Phi) is 7.75. The molecule has 1 atom stereocenters. The lowest BCUT2D eigenvalue weighted by atomic mass is 10.3. The van der Waals surface area contributed by atoms with Crippen molar-refractivity contribution in [2.24, 2.45) is 0 Å². The van der Waals surface area contributed by atoms with Gasteiger partial charge in [-0.15, -0.1) is 4.73 Å². The van der Waals surface area contributed by atoms with Gasteiger partial charge in [-0.05, 0) is 20.3 Å². The van der Waals surface area contributed by atoms with Gasteiger partial charge in [0, 0.05) is 13.0 Å². The molecule has 0 aromatic carbocycles. The van der Waals surface area contributed by atoms with Crippen LogP contribution in [0.25, 0.3) is 11.2 Å². The molecule has 0 fully saturated rings. The highest BCUT2D eigenvalue weighted by Crippen LogP contribution is 2.47. The monoisotopic (exact) mass is 405 g/mol. The number of fused-ring (bicyclic) bond motifs is 1. The van der Waals surface area contributed by atoms with E-state index >= 15 is 0 Å². The summed E-state index contributed by atoms with van der Waals surface area (Å²) in [6.07, 6.45) is 0.489. The second kappa shape index (κ2) is 9.81. The minimum atomic E-state index is -3.25. The lowest BCUT2D eigenvalue weighted by Gasteiger charge is -2.17. The van der Waals surface area contributed by atoms with Gasteiger partial charge >= 0.3 is 7.60 Å². The number of aromatic nitrogens is 4. The van der Waals surface area contributed by atoms with E-state index in [-0.39, 0.29) is 49.7 Å². The van der Waals surface area contributed by atoms with Crippen molar-refractivity contribution in [1.82, 2.24) is 19.7 Å². The first-order valence-corrected chi connectivity index (χ1v) is 10.1. The summed E-state index contributed by atoms with van der Waals surface area (Å²) in [4.78, 5) is 27.1. The van der Waals surface area contributed by atoms with E-state index in [9.17, 15) is 14.5 Å². The summed E-state index contributed by atoms with van der Waals surface area (Å²) in [5.41, 5.74) is 5.13. The van der Waals surface area contributed by atoms with Crippen LogP contribution in [0.3, 0.4) is 0 Å². The molecule has 152 valence electrons. The van der Waals surface area contributed by atoms with Gasteiger partial charge in [0.25, 0.3) is 5.56 Å². The number of aliphatic hydroxyl groups is 1. The molecule has 2 aromatic rings. The van der Waals surface area contributed by atoms with Gasteiger partial charge in [-0.25, -0.2) is 4.98 Å². The van der Waals surface area contributed by atoms with Gasteiger partial charge in [0.15, 0.2) is 5.52 Å². The molecular weight excluding hydrogens is 381 g/mol. The Bertz CT molecular complexity index is 829. The predicted octanol–water partition coefficient (Wildman–Crippen LogP) is 0.469. The number of hydrogen-bond donors (Lipinski definition) is 3. The van der Waals surface area contributed by atoms with Gasteiger partial charge in [0.1, 0.15) is 12.7 Å². The largest absolute Gasteiger partial charge is 0.379 e. The third-order valence-corrected chi connectivity index (χ3v) is 5.07. The number of aromatic amines is 1. The Hall–Kier alpha value is -1.98. The van der Waals surface area contributed by atoms with Crippen LogP contribution in [0.1, 0.15) is 26.7 Å². The number of ether oxygens (including phenoxy) is 1. The second-order valence-corrected chi connectivity index (χ2v) is 7.38. The summed E-state index contributed by atoms with van der Waals surface area (Å²) in [7, 11) is -3.25. The molecule has 0 aliphatic heterocycles. The number of aliphatic hydroxyl groups excluding tert-OH is 1.